The van der Waals surface area contributed by atoms with E-state index in [9.17, 15) is 4.79 Å². The molecule has 0 radical (unpaired) electrons. The number of aryl methyl sites for hydroxylation is 1. The highest BCUT2D eigenvalue weighted by Crippen LogP contribution is 2.25. The molecule has 4 nitrogen and oxygen atoms in total. The van der Waals surface area contributed by atoms with E-state index in [0.717, 1.165) is 15.7 Å². The van der Waals surface area contributed by atoms with E-state index in [1.807, 2.05) is 25.1 Å². The number of benzene rings is 1. The number of hydrogen-bond acceptors (Lipinski definition) is 5. The van der Waals surface area contributed by atoms with Crippen LogP contribution in [0.5, 0.6) is 0 Å². The van der Waals surface area contributed by atoms with Crippen LogP contribution in [0.2, 0.25) is 0 Å². The molecule has 1 aromatic heterocycles. The number of anilines is 2. The number of esters is 1. The molecule has 6 heteroatoms. The van der Waals surface area contributed by atoms with Gasteiger partial charge < -0.3 is 10.1 Å². The van der Waals surface area contributed by atoms with Gasteiger partial charge in [0, 0.05) is 15.5 Å². The molecule has 18 heavy (non-hydrogen) atoms. The van der Waals surface area contributed by atoms with Gasteiger partial charge in [0.2, 0.25) is 0 Å². The standard InChI is InChI=1S/C12H11BrN2O2S/c1-7-5-8(13)3-4-9(7)14-12-15-10(6-18-12)11(16)17-2/h3-6H,1-2H3,(H,14,15). The lowest BCUT2D eigenvalue weighted by atomic mass is 10.2. The first kappa shape index (κ1) is 13.0. The number of aromatic nitrogens is 1. The summed E-state index contributed by atoms with van der Waals surface area (Å²) in [4.78, 5) is 15.4. The monoisotopic (exact) mass is 326 g/mol. The van der Waals surface area contributed by atoms with Crippen LogP contribution in [0.25, 0.3) is 0 Å². The molecule has 94 valence electrons. The highest BCUT2D eigenvalue weighted by atomic mass is 79.9. The Morgan fingerprint density at radius 2 is 2.28 bits per heavy atom. The zero-order valence-electron chi connectivity index (χ0n) is 9.86. The summed E-state index contributed by atoms with van der Waals surface area (Å²) in [5.41, 5.74) is 2.38. The van der Waals surface area contributed by atoms with Crippen molar-refractivity contribution in [3.8, 4) is 0 Å². The fraction of sp³-hybridized carbons (Fsp3) is 0.167. The third-order valence-electron chi connectivity index (χ3n) is 2.33. The lowest BCUT2D eigenvalue weighted by Crippen LogP contribution is -2.01. The molecule has 0 saturated heterocycles. The number of methoxy groups -OCH3 is 1. The summed E-state index contributed by atoms with van der Waals surface area (Å²) in [5.74, 6) is -0.424. The highest BCUT2D eigenvalue weighted by Gasteiger charge is 2.11. The summed E-state index contributed by atoms with van der Waals surface area (Å²) >= 11 is 4.78. The van der Waals surface area contributed by atoms with Crippen LogP contribution in [0, 0.1) is 6.92 Å². The molecule has 1 heterocycles. The zero-order chi connectivity index (χ0) is 13.1. The van der Waals surface area contributed by atoms with Gasteiger partial charge in [0.05, 0.1) is 7.11 Å². The van der Waals surface area contributed by atoms with Gasteiger partial charge in [0.15, 0.2) is 10.8 Å². The molecule has 0 aliphatic carbocycles. The molecule has 0 aliphatic rings. The third-order valence-corrected chi connectivity index (χ3v) is 3.58. The molecule has 0 atom stereocenters. The Bertz CT molecular complexity index is 583. The second-order valence-electron chi connectivity index (χ2n) is 3.61. The van der Waals surface area contributed by atoms with Gasteiger partial charge in [-0.1, -0.05) is 15.9 Å². The summed E-state index contributed by atoms with van der Waals surface area (Å²) in [7, 11) is 1.34. The van der Waals surface area contributed by atoms with E-state index in [-0.39, 0.29) is 0 Å². The molecule has 0 unspecified atom stereocenters. The predicted octanol–water partition coefficient (Wildman–Crippen LogP) is 3.74. The molecular weight excluding hydrogens is 316 g/mol. The summed E-state index contributed by atoms with van der Waals surface area (Å²) in [6.07, 6.45) is 0. The summed E-state index contributed by atoms with van der Waals surface area (Å²) in [6, 6.07) is 5.92. The van der Waals surface area contributed by atoms with Gasteiger partial charge in [-0.05, 0) is 30.7 Å². The Balaban J connectivity index is 2.18. The van der Waals surface area contributed by atoms with Gasteiger partial charge in [0.1, 0.15) is 0 Å². The average molecular weight is 327 g/mol. The molecule has 0 amide bonds. The second-order valence-corrected chi connectivity index (χ2v) is 5.39. The Morgan fingerprint density at radius 3 is 2.94 bits per heavy atom. The fourth-order valence-electron chi connectivity index (χ4n) is 1.41. The average Bonchev–Trinajstić information content (AvgIpc) is 2.80. The first-order valence-electron chi connectivity index (χ1n) is 5.17. The maximum absolute atomic E-state index is 11.3. The number of ether oxygens (including phenoxy) is 1. The van der Waals surface area contributed by atoms with E-state index in [4.69, 9.17) is 0 Å². The van der Waals surface area contributed by atoms with Gasteiger partial charge in [-0.3, -0.25) is 0 Å². The first-order valence-corrected chi connectivity index (χ1v) is 6.84. The molecule has 2 aromatic rings. The van der Waals surface area contributed by atoms with Crippen LogP contribution < -0.4 is 5.32 Å². The van der Waals surface area contributed by atoms with Crippen molar-refractivity contribution < 1.29 is 9.53 Å². The molecule has 2 rings (SSSR count). The van der Waals surface area contributed by atoms with E-state index < -0.39 is 5.97 Å². The number of halogens is 1. The van der Waals surface area contributed by atoms with Crippen LogP contribution in [0.3, 0.4) is 0 Å². The number of thiazole rings is 1. The van der Waals surface area contributed by atoms with Gasteiger partial charge in [-0.15, -0.1) is 11.3 Å². The van der Waals surface area contributed by atoms with Crippen molar-refractivity contribution in [3.05, 3.63) is 39.3 Å². The third kappa shape index (κ3) is 2.88. The van der Waals surface area contributed by atoms with Crippen molar-refractivity contribution in [2.75, 3.05) is 12.4 Å². The molecule has 0 fully saturated rings. The zero-order valence-corrected chi connectivity index (χ0v) is 12.3. The van der Waals surface area contributed by atoms with Crippen LogP contribution in [0.15, 0.2) is 28.1 Å². The summed E-state index contributed by atoms with van der Waals surface area (Å²) < 4.78 is 5.64. The Labute approximate surface area is 117 Å². The van der Waals surface area contributed by atoms with Crippen LogP contribution >= 0.6 is 27.3 Å². The lowest BCUT2D eigenvalue weighted by molar-refractivity contribution is 0.0595. The SMILES string of the molecule is COC(=O)c1csc(Nc2ccc(Br)cc2C)n1. The molecular formula is C12H11BrN2O2S. The lowest BCUT2D eigenvalue weighted by Gasteiger charge is -2.06. The summed E-state index contributed by atoms with van der Waals surface area (Å²) in [5, 5.41) is 5.51. The molecule has 0 saturated carbocycles. The quantitative estimate of drug-likeness (QED) is 0.873. The summed E-state index contributed by atoms with van der Waals surface area (Å²) in [6.45, 7) is 2.00. The van der Waals surface area contributed by atoms with Crippen molar-refractivity contribution in [1.29, 1.82) is 0 Å². The van der Waals surface area contributed by atoms with E-state index in [0.29, 0.717) is 10.8 Å². The van der Waals surface area contributed by atoms with Crippen LogP contribution in [0.1, 0.15) is 16.1 Å². The largest absolute Gasteiger partial charge is 0.464 e. The minimum atomic E-state index is -0.424. The Kier molecular flexibility index (Phi) is 3.98. The number of carbonyl (C=O) groups is 1. The van der Waals surface area contributed by atoms with E-state index in [2.05, 4.69) is 31.0 Å². The molecule has 0 spiro atoms. The smallest absolute Gasteiger partial charge is 0.357 e. The van der Waals surface area contributed by atoms with E-state index >= 15 is 0 Å². The predicted molar refractivity (Wildman–Crippen MR) is 75.6 cm³/mol. The molecule has 0 aliphatic heterocycles. The Morgan fingerprint density at radius 1 is 1.50 bits per heavy atom. The van der Waals surface area contributed by atoms with Crippen molar-refractivity contribution >= 4 is 44.1 Å². The van der Waals surface area contributed by atoms with Gasteiger partial charge in [0.25, 0.3) is 0 Å². The number of carbonyl (C=O) groups excluding carboxylic acids is 1. The normalized spacial score (nSPS) is 10.2. The molecule has 0 bridgehead atoms. The Hall–Kier alpha value is -1.40. The first-order chi connectivity index (χ1) is 8.60. The van der Waals surface area contributed by atoms with Crippen LogP contribution in [0.4, 0.5) is 10.8 Å². The van der Waals surface area contributed by atoms with Gasteiger partial charge >= 0.3 is 5.97 Å². The van der Waals surface area contributed by atoms with Crippen LogP contribution in [-0.4, -0.2) is 18.1 Å². The van der Waals surface area contributed by atoms with Crippen molar-refractivity contribution in [1.82, 2.24) is 4.98 Å². The van der Waals surface area contributed by atoms with Crippen molar-refractivity contribution in [2.24, 2.45) is 0 Å². The fourth-order valence-corrected chi connectivity index (χ4v) is 2.58. The molecule has 1 N–H and O–H groups in total. The van der Waals surface area contributed by atoms with Gasteiger partial charge in [-0.2, -0.15) is 0 Å². The molecule has 1 aromatic carbocycles. The highest BCUT2D eigenvalue weighted by molar-refractivity contribution is 9.10. The van der Waals surface area contributed by atoms with Crippen molar-refractivity contribution in [2.45, 2.75) is 6.92 Å². The minimum absolute atomic E-state index is 0.319. The number of nitrogens with one attached hydrogen (secondary N) is 1. The van der Waals surface area contributed by atoms with E-state index in [1.165, 1.54) is 18.4 Å². The van der Waals surface area contributed by atoms with E-state index in [1.54, 1.807) is 5.38 Å². The minimum Gasteiger partial charge on any atom is -0.464 e. The maximum atomic E-state index is 11.3. The second kappa shape index (κ2) is 5.49. The van der Waals surface area contributed by atoms with Gasteiger partial charge in [-0.25, -0.2) is 9.78 Å². The number of nitrogens with zero attached hydrogens (tertiary/aromatic N) is 1. The topological polar surface area (TPSA) is 51.2 Å². The number of rotatable bonds is 3. The number of hydrogen-bond donors (Lipinski definition) is 1. The maximum Gasteiger partial charge on any atom is 0.357 e. The van der Waals surface area contributed by atoms with Crippen LogP contribution in [-0.2, 0) is 4.74 Å². The van der Waals surface area contributed by atoms with Crippen molar-refractivity contribution in [3.63, 3.8) is 0 Å².